The van der Waals surface area contributed by atoms with Crippen LogP contribution < -0.4 is 10.1 Å². The molecule has 0 aromatic heterocycles. The van der Waals surface area contributed by atoms with Crippen LogP contribution in [0, 0.1) is 12.3 Å². The Morgan fingerprint density at radius 3 is 2.42 bits per heavy atom. The van der Waals surface area contributed by atoms with Crippen LogP contribution in [0.25, 0.3) is 0 Å². The Morgan fingerprint density at radius 1 is 1.32 bits per heavy atom. The van der Waals surface area contributed by atoms with Crippen molar-refractivity contribution < 1.29 is 9.84 Å². The van der Waals surface area contributed by atoms with Gasteiger partial charge in [0.15, 0.2) is 0 Å². The summed E-state index contributed by atoms with van der Waals surface area (Å²) in [5, 5.41) is 13.1. The zero-order valence-electron chi connectivity index (χ0n) is 12.2. The fourth-order valence-corrected chi connectivity index (χ4v) is 2.71. The van der Waals surface area contributed by atoms with E-state index in [4.69, 9.17) is 4.74 Å². The minimum absolute atomic E-state index is 0.0650. The third-order valence-corrected chi connectivity index (χ3v) is 4.42. The molecule has 0 saturated carbocycles. The molecule has 0 spiro atoms. The van der Waals surface area contributed by atoms with Gasteiger partial charge in [-0.3, -0.25) is 0 Å². The molecule has 3 nitrogen and oxygen atoms in total. The van der Waals surface area contributed by atoms with Crippen LogP contribution >= 0.6 is 15.9 Å². The lowest BCUT2D eigenvalue weighted by Crippen LogP contribution is -2.32. The minimum Gasteiger partial charge on any atom is -0.495 e. The highest BCUT2D eigenvalue weighted by Crippen LogP contribution is 2.34. The molecule has 0 aliphatic heterocycles. The Kier molecular flexibility index (Phi) is 6.14. The summed E-state index contributed by atoms with van der Waals surface area (Å²) in [4.78, 5) is 0. The number of anilines is 1. The summed E-state index contributed by atoms with van der Waals surface area (Å²) in [6, 6.07) is 4.01. The van der Waals surface area contributed by atoms with Gasteiger partial charge in [-0.25, -0.2) is 0 Å². The summed E-state index contributed by atoms with van der Waals surface area (Å²) < 4.78 is 6.42. The maximum Gasteiger partial charge on any atom is 0.143 e. The molecule has 1 rings (SSSR count). The summed E-state index contributed by atoms with van der Waals surface area (Å²) in [6.45, 7) is 7.23. The number of benzene rings is 1. The molecule has 0 saturated heterocycles. The summed E-state index contributed by atoms with van der Waals surface area (Å²) in [7, 11) is 1.67. The SMILES string of the molecule is CCC(CC)(CO)CNc1c(C)cc(Br)cc1OC. The molecular weight excluding hydrogens is 306 g/mol. The van der Waals surface area contributed by atoms with Crippen LogP contribution in [0.5, 0.6) is 5.75 Å². The van der Waals surface area contributed by atoms with E-state index >= 15 is 0 Å². The van der Waals surface area contributed by atoms with Gasteiger partial charge in [0.2, 0.25) is 0 Å². The summed E-state index contributed by atoms with van der Waals surface area (Å²) in [6.07, 6.45) is 1.90. The van der Waals surface area contributed by atoms with Crippen LogP contribution in [0.3, 0.4) is 0 Å². The Balaban J connectivity index is 2.94. The number of aryl methyl sites for hydroxylation is 1. The molecule has 0 fully saturated rings. The van der Waals surface area contributed by atoms with E-state index in [1.54, 1.807) is 7.11 Å². The Morgan fingerprint density at radius 2 is 1.95 bits per heavy atom. The number of rotatable bonds is 7. The number of hydrogen-bond donors (Lipinski definition) is 2. The van der Waals surface area contributed by atoms with E-state index in [0.29, 0.717) is 0 Å². The van der Waals surface area contributed by atoms with Gasteiger partial charge >= 0.3 is 0 Å². The third-order valence-electron chi connectivity index (χ3n) is 3.96. The first-order valence-corrected chi connectivity index (χ1v) is 7.50. The van der Waals surface area contributed by atoms with Crippen LogP contribution in [0.15, 0.2) is 16.6 Å². The predicted octanol–water partition coefficient (Wildman–Crippen LogP) is 3.98. The van der Waals surface area contributed by atoms with Gasteiger partial charge in [0, 0.05) is 16.4 Å². The van der Waals surface area contributed by atoms with E-state index in [2.05, 4.69) is 41.2 Å². The van der Waals surface area contributed by atoms with Crippen LogP contribution in [-0.4, -0.2) is 25.4 Å². The third kappa shape index (κ3) is 3.86. The van der Waals surface area contributed by atoms with E-state index in [0.717, 1.165) is 40.9 Å². The number of aliphatic hydroxyl groups excluding tert-OH is 1. The lowest BCUT2D eigenvalue weighted by Gasteiger charge is -2.30. The predicted molar refractivity (Wildman–Crippen MR) is 84.0 cm³/mol. The Labute approximate surface area is 124 Å². The molecule has 4 heteroatoms. The second-order valence-corrected chi connectivity index (χ2v) is 5.93. The second-order valence-electron chi connectivity index (χ2n) is 5.02. The van der Waals surface area contributed by atoms with Crippen LogP contribution in [0.2, 0.25) is 0 Å². The zero-order chi connectivity index (χ0) is 14.5. The highest BCUT2D eigenvalue weighted by molar-refractivity contribution is 9.10. The van der Waals surface area contributed by atoms with Crippen molar-refractivity contribution in [2.75, 3.05) is 25.6 Å². The molecule has 0 aliphatic rings. The lowest BCUT2D eigenvalue weighted by atomic mass is 9.83. The van der Waals surface area contributed by atoms with E-state index in [-0.39, 0.29) is 12.0 Å². The van der Waals surface area contributed by atoms with E-state index < -0.39 is 0 Å². The van der Waals surface area contributed by atoms with Crippen molar-refractivity contribution in [3.63, 3.8) is 0 Å². The molecule has 1 aromatic carbocycles. The van der Waals surface area contributed by atoms with Crippen molar-refractivity contribution >= 4 is 21.6 Å². The Bertz CT molecular complexity index is 409. The van der Waals surface area contributed by atoms with Gasteiger partial charge in [-0.1, -0.05) is 29.8 Å². The molecule has 1 aromatic rings. The van der Waals surface area contributed by atoms with Gasteiger partial charge in [-0.15, -0.1) is 0 Å². The first-order valence-electron chi connectivity index (χ1n) is 6.70. The molecule has 0 atom stereocenters. The van der Waals surface area contributed by atoms with Crippen molar-refractivity contribution in [2.24, 2.45) is 5.41 Å². The van der Waals surface area contributed by atoms with Gasteiger partial charge in [-0.05, 0) is 37.5 Å². The largest absolute Gasteiger partial charge is 0.495 e. The fourth-order valence-electron chi connectivity index (χ4n) is 2.16. The normalized spacial score (nSPS) is 11.5. The summed E-state index contributed by atoms with van der Waals surface area (Å²) in [5.41, 5.74) is 2.07. The van der Waals surface area contributed by atoms with Gasteiger partial charge in [0.1, 0.15) is 5.75 Å². The van der Waals surface area contributed by atoms with Crippen molar-refractivity contribution in [1.29, 1.82) is 0 Å². The van der Waals surface area contributed by atoms with Crippen molar-refractivity contribution in [2.45, 2.75) is 33.6 Å². The van der Waals surface area contributed by atoms with Crippen LogP contribution in [0.1, 0.15) is 32.3 Å². The molecule has 0 amide bonds. The number of methoxy groups -OCH3 is 1. The minimum atomic E-state index is -0.0650. The van der Waals surface area contributed by atoms with Crippen molar-refractivity contribution in [3.05, 3.63) is 22.2 Å². The van der Waals surface area contributed by atoms with E-state index in [1.807, 2.05) is 13.0 Å². The van der Waals surface area contributed by atoms with Crippen molar-refractivity contribution in [3.8, 4) is 5.75 Å². The smallest absolute Gasteiger partial charge is 0.143 e. The maximum absolute atomic E-state index is 9.62. The number of nitrogens with one attached hydrogen (secondary N) is 1. The monoisotopic (exact) mass is 329 g/mol. The number of aliphatic hydroxyl groups is 1. The molecule has 19 heavy (non-hydrogen) atoms. The van der Waals surface area contributed by atoms with Gasteiger partial charge < -0.3 is 15.2 Å². The standard InChI is InChI=1S/C15H24BrNO2/c1-5-15(6-2,10-18)9-17-14-11(3)7-12(16)8-13(14)19-4/h7-8,17-18H,5-6,9-10H2,1-4H3. The van der Waals surface area contributed by atoms with Gasteiger partial charge in [-0.2, -0.15) is 0 Å². The van der Waals surface area contributed by atoms with Crippen LogP contribution in [-0.2, 0) is 0 Å². The summed E-state index contributed by atoms with van der Waals surface area (Å²) in [5.74, 6) is 0.825. The molecule has 2 N–H and O–H groups in total. The fraction of sp³-hybridized carbons (Fsp3) is 0.600. The highest BCUT2D eigenvalue weighted by atomic mass is 79.9. The maximum atomic E-state index is 9.62. The molecule has 0 heterocycles. The van der Waals surface area contributed by atoms with Gasteiger partial charge in [0.05, 0.1) is 19.4 Å². The molecule has 108 valence electrons. The number of ether oxygens (including phenoxy) is 1. The topological polar surface area (TPSA) is 41.5 Å². The van der Waals surface area contributed by atoms with Crippen molar-refractivity contribution in [1.82, 2.24) is 0 Å². The molecule has 0 unspecified atom stereocenters. The number of halogens is 1. The first kappa shape index (κ1) is 16.3. The van der Waals surface area contributed by atoms with E-state index in [9.17, 15) is 5.11 Å². The van der Waals surface area contributed by atoms with E-state index in [1.165, 1.54) is 0 Å². The average molecular weight is 330 g/mol. The average Bonchev–Trinajstić information content (AvgIpc) is 2.42. The highest BCUT2D eigenvalue weighted by Gasteiger charge is 2.25. The molecular formula is C15H24BrNO2. The van der Waals surface area contributed by atoms with Crippen LogP contribution in [0.4, 0.5) is 5.69 Å². The molecule has 0 aliphatic carbocycles. The lowest BCUT2D eigenvalue weighted by molar-refractivity contribution is 0.127. The zero-order valence-corrected chi connectivity index (χ0v) is 13.8. The second kappa shape index (κ2) is 7.15. The Hall–Kier alpha value is -0.740. The van der Waals surface area contributed by atoms with Gasteiger partial charge in [0.25, 0.3) is 0 Å². The molecule has 0 radical (unpaired) electrons. The molecule has 0 bridgehead atoms. The quantitative estimate of drug-likeness (QED) is 0.795. The number of hydrogen-bond acceptors (Lipinski definition) is 3. The summed E-state index contributed by atoms with van der Waals surface area (Å²) >= 11 is 3.47. The first-order chi connectivity index (χ1) is 9.01.